The minimum atomic E-state index is -0.208. The SMILES string of the molecule is COc1ccc2oc(C(=O)NCCCc3ccc(OC)c(OC)c3)c(C)c2c1. The maximum atomic E-state index is 12.5. The van der Waals surface area contributed by atoms with Crippen molar-refractivity contribution in [2.24, 2.45) is 0 Å². The number of methoxy groups -OCH3 is 3. The molecule has 0 spiro atoms. The van der Waals surface area contributed by atoms with E-state index in [2.05, 4.69) is 5.32 Å². The number of amides is 1. The van der Waals surface area contributed by atoms with Gasteiger partial charge >= 0.3 is 0 Å². The molecular formula is C22H25NO5. The molecule has 1 N–H and O–H groups in total. The Morgan fingerprint density at radius 2 is 1.79 bits per heavy atom. The second kappa shape index (κ2) is 8.69. The first-order chi connectivity index (χ1) is 13.6. The lowest BCUT2D eigenvalue weighted by atomic mass is 10.1. The lowest BCUT2D eigenvalue weighted by molar-refractivity contribution is 0.0927. The first-order valence-corrected chi connectivity index (χ1v) is 9.13. The largest absolute Gasteiger partial charge is 0.497 e. The van der Waals surface area contributed by atoms with Crippen LogP contribution in [-0.2, 0) is 6.42 Å². The van der Waals surface area contributed by atoms with Crippen LogP contribution in [0.3, 0.4) is 0 Å². The number of nitrogens with one attached hydrogen (secondary N) is 1. The van der Waals surface area contributed by atoms with Crippen LogP contribution >= 0.6 is 0 Å². The minimum Gasteiger partial charge on any atom is -0.497 e. The van der Waals surface area contributed by atoms with Gasteiger partial charge in [-0.3, -0.25) is 4.79 Å². The van der Waals surface area contributed by atoms with Gasteiger partial charge in [-0.2, -0.15) is 0 Å². The van der Waals surface area contributed by atoms with Crippen molar-refractivity contribution in [2.75, 3.05) is 27.9 Å². The monoisotopic (exact) mass is 383 g/mol. The Labute approximate surface area is 164 Å². The lowest BCUT2D eigenvalue weighted by Crippen LogP contribution is -2.24. The van der Waals surface area contributed by atoms with Crippen LogP contribution in [0.2, 0.25) is 0 Å². The number of fused-ring (bicyclic) bond motifs is 1. The molecule has 0 bridgehead atoms. The molecule has 28 heavy (non-hydrogen) atoms. The molecule has 148 valence electrons. The van der Waals surface area contributed by atoms with Crippen molar-refractivity contribution in [3.8, 4) is 17.2 Å². The molecule has 3 rings (SSSR count). The number of furan rings is 1. The molecule has 0 atom stereocenters. The number of hydrogen-bond acceptors (Lipinski definition) is 5. The van der Waals surface area contributed by atoms with Gasteiger partial charge in [0, 0.05) is 17.5 Å². The molecule has 0 aliphatic carbocycles. The van der Waals surface area contributed by atoms with Gasteiger partial charge in [0.15, 0.2) is 17.3 Å². The van der Waals surface area contributed by atoms with Crippen LogP contribution in [0, 0.1) is 6.92 Å². The highest BCUT2D eigenvalue weighted by molar-refractivity contribution is 5.99. The van der Waals surface area contributed by atoms with Crippen LogP contribution in [0.15, 0.2) is 40.8 Å². The highest BCUT2D eigenvalue weighted by atomic mass is 16.5. The molecule has 0 saturated carbocycles. The number of carbonyl (C=O) groups excluding carboxylic acids is 1. The molecule has 2 aromatic carbocycles. The smallest absolute Gasteiger partial charge is 0.287 e. The van der Waals surface area contributed by atoms with Crippen molar-refractivity contribution in [1.82, 2.24) is 5.32 Å². The maximum Gasteiger partial charge on any atom is 0.287 e. The van der Waals surface area contributed by atoms with Crippen LogP contribution in [0.5, 0.6) is 17.2 Å². The summed E-state index contributed by atoms with van der Waals surface area (Å²) >= 11 is 0. The highest BCUT2D eigenvalue weighted by Gasteiger charge is 2.17. The van der Waals surface area contributed by atoms with Gasteiger partial charge in [0.2, 0.25) is 0 Å². The second-order valence-electron chi connectivity index (χ2n) is 6.47. The van der Waals surface area contributed by atoms with E-state index in [9.17, 15) is 4.79 Å². The molecule has 0 aliphatic rings. The molecule has 1 amide bonds. The summed E-state index contributed by atoms with van der Waals surface area (Å²) in [7, 11) is 4.85. The Balaban J connectivity index is 1.59. The van der Waals surface area contributed by atoms with Crippen LogP contribution in [0.1, 0.15) is 28.1 Å². The quantitative estimate of drug-likeness (QED) is 0.592. The fraction of sp³-hybridized carbons (Fsp3) is 0.318. The molecule has 0 unspecified atom stereocenters. The summed E-state index contributed by atoms with van der Waals surface area (Å²) in [6.07, 6.45) is 1.62. The average molecular weight is 383 g/mol. The normalized spacial score (nSPS) is 10.7. The molecule has 6 nitrogen and oxygen atoms in total. The summed E-state index contributed by atoms with van der Waals surface area (Å²) in [6, 6.07) is 11.4. The number of ether oxygens (including phenoxy) is 3. The zero-order chi connectivity index (χ0) is 20.1. The van der Waals surface area contributed by atoms with Crippen molar-refractivity contribution in [3.63, 3.8) is 0 Å². The summed E-state index contributed by atoms with van der Waals surface area (Å²) in [5.74, 6) is 2.28. The molecule has 6 heteroatoms. The van der Waals surface area contributed by atoms with E-state index >= 15 is 0 Å². The topological polar surface area (TPSA) is 69.9 Å². The Morgan fingerprint density at radius 3 is 2.50 bits per heavy atom. The first-order valence-electron chi connectivity index (χ1n) is 9.13. The number of aryl methyl sites for hydroxylation is 2. The van der Waals surface area contributed by atoms with Gasteiger partial charge in [-0.1, -0.05) is 6.07 Å². The number of rotatable bonds is 8. The van der Waals surface area contributed by atoms with Gasteiger partial charge in [-0.15, -0.1) is 0 Å². The number of benzene rings is 2. The third-order valence-corrected chi connectivity index (χ3v) is 4.73. The van der Waals surface area contributed by atoms with Crippen molar-refractivity contribution in [3.05, 3.63) is 53.3 Å². The van der Waals surface area contributed by atoms with Crippen molar-refractivity contribution < 1.29 is 23.4 Å². The summed E-state index contributed by atoms with van der Waals surface area (Å²) in [5.41, 5.74) is 2.61. The molecule has 1 aromatic heterocycles. The number of carbonyl (C=O) groups is 1. The Morgan fingerprint density at radius 1 is 1.00 bits per heavy atom. The Bertz CT molecular complexity index is 976. The van der Waals surface area contributed by atoms with Gasteiger partial charge in [-0.25, -0.2) is 0 Å². The predicted octanol–water partition coefficient (Wildman–Crippen LogP) is 4.13. The zero-order valence-corrected chi connectivity index (χ0v) is 16.6. The van der Waals surface area contributed by atoms with E-state index in [1.54, 1.807) is 21.3 Å². The average Bonchev–Trinajstić information content (AvgIpc) is 3.06. The molecule has 0 aliphatic heterocycles. The van der Waals surface area contributed by atoms with E-state index in [0.717, 1.165) is 35.1 Å². The van der Waals surface area contributed by atoms with E-state index < -0.39 is 0 Å². The molecule has 0 fully saturated rings. The molecule has 3 aromatic rings. The summed E-state index contributed by atoms with van der Waals surface area (Å²) in [4.78, 5) is 12.5. The highest BCUT2D eigenvalue weighted by Crippen LogP contribution is 2.29. The van der Waals surface area contributed by atoms with Crippen molar-refractivity contribution in [1.29, 1.82) is 0 Å². The van der Waals surface area contributed by atoms with Gasteiger partial charge in [0.05, 0.1) is 21.3 Å². The Kier molecular flexibility index (Phi) is 6.09. The van der Waals surface area contributed by atoms with Gasteiger partial charge in [0.1, 0.15) is 11.3 Å². The third-order valence-electron chi connectivity index (χ3n) is 4.73. The van der Waals surface area contributed by atoms with Crippen LogP contribution in [0.4, 0.5) is 0 Å². The Hall–Kier alpha value is -3.15. The van der Waals surface area contributed by atoms with Crippen molar-refractivity contribution >= 4 is 16.9 Å². The number of hydrogen-bond donors (Lipinski definition) is 1. The standard InChI is InChI=1S/C22H25NO5/c1-14-17-13-16(25-2)8-10-18(17)28-21(14)22(24)23-11-5-6-15-7-9-19(26-3)20(12-15)27-4/h7-10,12-13H,5-6,11H2,1-4H3,(H,23,24). The summed E-state index contributed by atoms with van der Waals surface area (Å²) < 4.78 is 21.5. The van der Waals surface area contributed by atoms with E-state index in [1.807, 2.05) is 43.3 Å². The molecule has 1 heterocycles. The van der Waals surface area contributed by atoms with Gasteiger partial charge < -0.3 is 23.9 Å². The zero-order valence-electron chi connectivity index (χ0n) is 16.6. The van der Waals surface area contributed by atoms with Gasteiger partial charge in [-0.05, 0) is 55.7 Å². The predicted molar refractivity (Wildman–Crippen MR) is 108 cm³/mol. The molecule has 0 saturated heterocycles. The van der Waals surface area contributed by atoms with Crippen LogP contribution < -0.4 is 19.5 Å². The summed E-state index contributed by atoms with van der Waals surface area (Å²) in [6.45, 7) is 2.43. The molecule has 0 radical (unpaired) electrons. The molecular weight excluding hydrogens is 358 g/mol. The van der Waals surface area contributed by atoms with Gasteiger partial charge in [0.25, 0.3) is 5.91 Å². The fourth-order valence-electron chi connectivity index (χ4n) is 3.15. The fourth-order valence-corrected chi connectivity index (χ4v) is 3.15. The van der Waals surface area contributed by atoms with E-state index in [4.69, 9.17) is 18.6 Å². The van der Waals surface area contributed by atoms with E-state index in [1.165, 1.54) is 0 Å². The van der Waals surface area contributed by atoms with E-state index in [0.29, 0.717) is 29.4 Å². The first kappa shape index (κ1) is 19.6. The van der Waals surface area contributed by atoms with Crippen molar-refractivity contribution in [2.45, 2.75) is 19.8 Å². The van der Waals surface area contributed by atoms with Crippen LogP contribution in [0.25, 0.3) is 11.0 Å². The van der Waals surface area contributed by atoms with Crippen LogP contribution in [-0.4, -0.2) is 33.8 Å². The van der Waals surface area contributed by atoms with E-state index in [-0.39, 0.29) is 5.91 Å². The lowest BCUT2D eigenvalue weighted by Gasteiger charge is -2.09. The minimum absolute atomic E-state index is 0.208. The maximum absolute atomic E-state index is 12.5. The summed E-state index contributed by atoms with van der Waals surface area (Å²) in [5, 5.41) is 3.81. The third kappa shape index (κ3) is 4.06. The second-order valence-corrected chi connectivity index (χ2v) is 6.47.